The number of halogens is 1. The van der Waals surface area contributed by atoms with Crippen LogP contribution in [0.4, 0.5) is 0 Å². The fourth-order valence-electron chi connectivity index (χ4n) is 3.92. The van der Waals surface area contributed by atoms with Gasteiger partial charge in [0.05, 0.1) is 12.7 Å². The first kappa shape index (κ1) is 37.9. The highest BCUT2D eigenvalue weighted by atomic mass is 79.9. The van der Waals surface area contributed by atoms with Crippen LogP contribution in [0.15, 0.2) is 53.0 Å². The van der Waals surface area contributed by atoms with Crippen LogP contribution in [0.3, 0.4) is 0 Å². The van der Waals surface area contributed by atoms with Gasteiger partial charge in [0.2, 0.25) is 11.8 Å². The van der Waals surface area contributed by atoms with Crippen molar-refractivity contribution in [3.05, 3.63) is 104 Å². The van der Waals surface area contributed by atoms with E-state index in [2.05, 4.69) is 40.6 Å². The Balaban J connectivity index is 0.000000415. The molecule has 0 bridgehead atoms. The number of aryl methyl sites for hydroxylation is 4. The van der Waals surface area contributed by atoms with Gasteiger partial charge in [0, 0.05) is 27.0 Å². The summed E-state index contributed by atoms with van der Waals surface area (Å²) in [6.45, 7) is 15.5. The van der Waals surface area contributed by atoms with Gasteiger partial charge in [0.1, 0.15) is 23.9 Å². The first-order valence-corrected chi connectivity index (χ1v) is 14.1. The van der Waals surface area contributed by atoms with Gasteiger partial charge < -0.3 is 14.2 Å². The van der Waals surface area contributed by atoms with Crippen LogP contribution in [0.1, 0.15) is 81.7 Å². The summed E-state index contributed by atoms with van der Waals surface area (Å²) >= 11 is 3.43. The summed E-state index contributed by atoms with van der Waals surface area (Å²) in [5.41, 5.74) is 6.40. The van der Waals surface area contributed by atoms with Crippen LogP contribution in [0, 0.1) is 41.5 Å². The molecule has 11 heteroatoms. The fourth-order valence-corrected chi connectivity index (χ4v) is 4.18. The van der Waals surface area contributed by atoms with Crippen LogP contribution in [0.5, 0.6) is 11.8 Å². The Bertz CT molecular complexity index is 1500. The first-order valence-electron chi connectivity index (χ1n) is 13.3. The van der Waals surface area contributed by atoms with Gasteiger partial charge in [-0.25, -0.2) is 14.8 Å². The summed E-state index contributed by atoms with van der Waals surface area (Å²) in [4.78, 5) is 28.8. The number of nitrogens with zero attached hydrogens (tertiary/aromatic N) is 4. The van der Waals surface area contributed by atoms with Crippen LogP contribution in [0.2, 0.25) is 0 Å². The fraction of sp³-hybridized carbons (Fsp3) is 0.344. The molecular weight excluding hydrogens is 648 g/mol. The van der Waals surface area contributed by atoms with Crippen LogP contribution in [-0.2, 0) is 4.74 Å². The molecule has 2 aromatic carbocycles. The number of rotatable bonds is 7. The van der Waals surface area contributed by atoms with E-state index in [1.165, 1.54) is 7.11 Å². The van der Waals surface area contributed by atoms with E-state index in [-0.39, 0.29) is 45.2 Å². The zero-order valence-corrected chi connectivity index (χ0v) is 29.7. The van der Waals surface area contributed by atoms with E-state index in [4.69, 9.17) is 9.47 Å². The van der Waals surface area contributed by atoms with Crippen molar-refractivity contribution < 1.29 is 19.0 Å². The van der Waals surface area contributed by atoms with Crippen molar-refractivity contribution in [3.8, 4) is 11.8 Å². The SMILES string of the molecule is COC(=O)c1ccc([C@H](C)Oc2nc(C)nc(C)c2C)cc1.Cc1nc(C)c(C)c(O[C@@H](C)c2ccc(Br)cc2)n1.S.S. The number of carbonyl (C=O) groups excluding carboxylic acids is 1. The van der Waals surface area contributed by atoms with Crippen LogP contribution in [0.25, 0.3) is 0 Å². The van der Waals surface area contributed by atoms with Crippen LogP contribution in [-0.4, -0.2) is 33.0 Å². The molecule has 0 aliphatic rings. The molecule has 0 spiro atoms. The van der Waals surface area contributed by atoms with E-state index < -0.39 is 0 Å². The molecule has 43 heavy (non-hydrogen) atoms. The minimum atomic E-state index is -0.349. The molecule has 2 aromatic heterocycles. The van der Waals surface area contributed by atoms with E-state index in [1.807, 2.05) is 91.8 Å². The molecule has 0 fully saturated rings. The van der Waals surface area contributed by atoms with E-state index in [9.17, 15) is 4.79 Å². The van der Waals surface area contributed by atoms with Crippen molar-refractivity contribution in [1.29, 1.82) is 0 Å². The third kappa shape index (κ3) is 10.5. The lowest BCUT2D eigenvalue weighted by atomic mass is 10.1. The van der Waals surface area contributed by atoms with Gasteiger partial charge in [-0.2, -0.15) is 37.0 Å². The Morgan fingerprint density at radius 1 is 0.651 bits per heavy atom. The zero-order chi connectivity index (χ0) is 30.3. The minimum Gasteiger partial charge on any atom is -0.469 e. The summed E-state index contributed by atoms with van der Waals surface area (Å²) in [5.74, 6) is 2.33. The average Bonchev–Trinajstić information content (AvgIpc) is 2.94. The summed E-state index contributed by atoms with van der Waals surface area (Å²) in [6, 6.07) is 15.3. The van der Waals surface area contributed by atoms with E-state index in [1.54, 1.807) is 12.1 Å². The number of hydrogen-bond donors (Lipinski definition) is 0. The molecular formula is C32H41BrN4O4S2. The average molecular weight is 690 g/mol. The van der Waals surface area contributed by atoms with Gasteiger partial charge in [0.25, 0.3) is 0 Å². The molecule has 0 radical (unpaired) electrons. The van der Waals surface area contributed by atoms with E-state index >= 15 is 0 Å². The first-order chi connectivity index (χ1) is 19.4. The summed E-state index contributed by atoms with van der Waals surface area (Å²) in [6.07, 6.45) is -0.223. The van der Waals surface area contributed by atoms with Crippen molar-refractivity contribution in [3.63, 3.8) is 0 Å². The Kier molecular flexibility index (Phi) is 15.2. The maximum absolute atomic E-state index is 11.4. The smallest absolute Gasteiger partial charge is 0.337 e. The lowest BCUT2D eigenvalue weighted by Crippen LogP contribution is -2.08. The minimum absolute atomic E-state index is 0. The molecule has 0 N–H and O–H groups in total. The third-order valence-electron chi connectivity index (χ3n) is 6.63. The molecule has 4 aromatic rings. The number of ether oxygens (including phenoxy) is 3. The molecule has 0 saturated heterocycles. The highest BCUT2D eigenvalue weighted by molar-refractivity contribution is 9.10. The predicted molar refractivity (Wildman–Crippen MR) is 183 cm³/mol. The second-order valence-electron chi connectivity index (χ2n) is 9.76. The number of methoxy groups -OCH3 is 1. The number of benzene rings is 2. The number of carbonyl (C=O) groups is 1. The van der Waals surface area contributed by atoms with Gasteiger partial charge in [-0.1, -0.05) is 40.2 Å². The van der Waals surface area contributed by atoms with E-state index in [0.717, 1.165) is 43.9 Å². The van der Waals surface area contributed by atoms with Crippen molar-refractivity contribution in [2.45, 2.75) is 67.6 Å². The van der Waals surface area contributed by atoms with E-state index in [0.29, 0.717) is 23.1 Å². The second kappa shape index (κ2) is 17.2. The van der Waals surface area contributed by atoms with Gasteiger partial charge >= 0.3 is 5.97 Å². The molecule has 8 nitrogen and oxygen atoms in total. The summed E-state index contributed by atoms with van der Waals surface area (Å²) < 4.78 is 17.7. The normalized spacial score (nSPS) is 11.5. The Morgan fingerprint density at radius 3 is 1.40 bits per heavy atom. The summed E-state index contributed by atoms with van der Waals surface area (Å²) in [7, 11) is 1.37. The zero-order valence-electron chi connectivity index (χ0n) is 26.1. The molecule has 232 valence electrons. The third-order valence-corrected chi connectivity index (χ3v) is 7.16. The van der Waals surface area contributed by atoms with Crippen LogP contribution >= 0.6 is 42.9 Å². The number of aromatic nitrogens is 4. The largest absolute Gasteiger partial charge is 0.469 e. The lowest BCUT2D eigenvalue weighted by Gasteiger charge is -2.17. The van der Waals surface area contributed by atoms with Crippen molar-refractivity contribution in [2.24, 2.45) is 0 Å². The van der Waals surface area contributed by atoms with Crippen LogP contribution < -0.4 is 9.47 Å². The molecule has 2 heterocycles. The quantitative estimate of drug-likeness (QED) is 0.181. The van der Waals surface area contributed by atoms with Gasteiger partial charge in [-0.3, -0.25) is 0 Å². The summed E-state index contributed by atoms with van der Waals surface area (Å²) in [5, 5.41) is 0. The highest BCUT2D eigenvalue weighted by Crippen LogP contribution is 2.26. The molecule has 0 unspecified atom stereocenters. The van der Waals surface area contributed by atoms with Gasteiger partial charge in [0.15, 0.2) is 0 Å². The molecule has 0 saturated carbocycles. The molecule has 0 amide bonds. The number of esters is 1. The molecule has 0 aliphatic carbocycles. The molecule has 0 aliphatic heterocycles. The highest BCUT2D eigenvalue weighted by Gasteiger charge is 2.15. The Labute approximate surface area is 277 Å². The second-order valence-corrected chi connectivity index (χ2v) is 10.7. The Hall–Kier alpha value is -3.15. The van der Waals surface area contributed by atoms with Crippen molar-refractivity contribution >= 4 is 48.9 Å². The number of hydrogen-bond acceptors (Lipinski definition) is 8. The van der Waals surface area contributed by atoms with Gasteiger partial charge in [-0.05, 0) is 90.8 Å². The lowest BCUT2D eigenvalue weighted by molar-refractivity contribution is 0.0600. The molecule has 4 rings (SSSR count). The Morgan fingerprint density at radius 2 is 1.02 bits per heavy atom. The molecule has 2 atom stereocenters. The standard InChI is InChI=1S/C17H20N2O3.C15H17BrN2O.2H2S/c1-10-11(2)18-13(4)19-16(10)22-12(3)14-6-8-15(9-7-14)17(20)21-5;1-9-10(2)17-12(4)18-15(9)19-11(3)13-5-7-14(16)8-6-13;;/h6-9,12H,1-5H3;5-8,11H,1-4H3;2*1H2/t12-;11-;;/m00../s1. The topological polar surface area (TPSA) is 96.3 Å². The van der Waals surface area contributed by atoms with Gasteiger partial charge in [-0.15, -0.1) is 0 Å². The van der Waals surface area contributed by atoms with Crippen molar-refractivity contribution in [2.75, 3.05) is 7.11 Å². The predicted octanol–water partition coefficient (Wildman–Crippen LogP) is 7.86. The maximum Gasteiger partial charge on any atom is 0.337 e. The maximum atomic E-state index is 11.4. The monoisotopic (exact) mass is 688 g/mol. The van der Waals surface area contributed by atoms with Crippen molar-refractivity contribution in [1.82, 2.24) is 19.9 Å².